The molecule has 5 heteroatoms. The third kappa shape index (κ3) is 3.10. The number of carbonyl (C=O) groups excluding carboxylic acids is 1. The summed E-state index contributed by atoms with van der Waals surface area (Å²) in [4.78, 5) is 17.6. The molecule has 2 N–H and O–H groups in total. The van der Waals surface area contributed by atoms with Crippen LogP contribution in [0.1, 0.15) is 37.9 Å². The Balaban J connectivity index is 1.96. The van der Waals surface area contributed by atoms with E-state index in [-0.39, 0.29) is 5.91 Å². The molecule has 1 unspecified atom stereocenters. The van der Waals surface area contributed by atoms with E-state index < -0.39 is 0 Å². The van der Waals surface area contributed by atoms with Gasteiger partial charge in [-0.25, -0.2) is 4.98 Å². The Bertz CT molecular complexity index is 401. The minimum atomic E-state index is -0.216. The molecule has 1 aliphatic heterocycles. The summed E-state index contributed by atoms with van der Waals surface area (Å²) in [5.74, 6) is 1.45. The molecule has 0 aromatic carbocycles. The number of hydrogen-bond donors (Lipinski definition) is 1. The molecule has 0 aliphatic carbocycles. The zero-order chi connectivity index (χ0) is 13.0. The molecule has 1 amide bonds. The number of primary amides is 1. The molecule has 1 saturated heterocycles. The molecule has 0 bridgehead atoms. The van der Waals surface area contributed by atoms with E-state index in [0.717, 1.165) is 26.2 Å². The van der Waals surface area contributed by atoms with E-state index in [0.29, 0.717) is 12.3 Å². The standard InChI is InChI=1S/C13H22N4O/c1-2-17-9-6-15-13(17)11-4-3-7-16(10-11)8-5-12(14)18/h6,9,11H,2-5,7-8,10H2,1H3,(H2,14,18). The summed E-state index contributed by atoms with van der Waals surface area (Å²) in [5.41, 5.74) is 5.20. The van der Waals surface area contributed by atoms with Crippen molar-refractivity contribution in [1.82, 2.24) is 14.5 Å². The Kier molecular flexibility index (Phi) is 4.36. The van der Waals surface area contributed by atoms with Gasteiger partial charge in [0.25, 0.3) is 0 Å². The SMILES string of the molecule is CCn1ccnc1C1CCCN(CCC(N)=O)C1. The van der Waals surface area contributed by atoms with Crippen LogP contribution < -0.4 is 5.73 Å². The zero-order valence-electron chi connectivity index (χ0n) is 11.0. The van der Waals surface area contributed by atoms with Crippen molar-refractivity contribution in [3.63, 3.8) is 0 Å². The fourth-order valence-corrected chi connectivity index (χ4v) is 2.69. The highest BCUT2D eigenvalue weighted by atomic mass is 16.1. The molecule has 0 spiro atoms. The number of rotatable bonds is 5. The predicted molar refractivity (Wildman–Crippen MR) is 70.1 cm³/mol. The molecule has 0 radical (unpaired) electrons. The van der Waals surface area contributed by atoms with Crippen LogP contribution in [0.15, 0.2) is 12.4 Å². The molecular formula is C13H22N4O. The number of aromatic nitrogens is 2. The van der Waals surface area contributed by atoms with E-state index in [1.165, 1.54) is 18.7 Å². The van der Waals surface area contributed by atoms with Gasteiger partial charge in [-0.2, -0.15) is 0 Å². The molecule has 2 rings (SSSR count). The Labute approximate surface area is 108 Å². The lowest BCUT2D eigenvalue weighted by Crippen LogP contribution is -2.37. The maximum Gasteiger partial charge on any atom is 0.218 e. The second-order valence-corrected chi connectivity index (χ2v) is 4.93. The molecule has 1 aliphatic rings. The number of carbonyl (C=O) groups is 1. The van der Waals surface area contributed by atoms with Crippen molar-refractivity contribution >= 4 is 5.91 Å². The lowest BCUT2D eigenvalue weighted by atomic mass is 9.97. The first kappa shape index (κ1) is 13.1. The number of aryl methyl sites for hydroxylation is 1. The van der Waals surface area contributed by atoms with Crippen LogP contribution >= 0.6 is 0 Å². The van der Waals surface area contributed by atoms with Crippen molar-refractivity contribution in [2.75, 3.05) is 19.6 Å². The predicted octanol–water partition coefficient (Wildman–Crippen LogP) is 0.958. The van der Waals surface area contributed by atoms with Crippen LogP contribution in [0.4, 0.5) is 0 Å². The smallest absolute Gasteiger partial charge is 0.218 e. The normalized spacial score (nSPS) is 21.1. The first-order valence-electron chi connectivity index (χ1n) is 6.72. The van der Waals surface area contributed by atoms with Gasteiger partial charge in [-0.3, -0.25) is 4.79 Å². The number of likely N-dealkylation sites (tertiary alicyclic amines) is 1. The molecule has 1 fully saturated rings. The largest absolute Gasteiger partial charge is 0.370 e. The first-order chi connectivity index (χ1) is 8.70. The summed E-state index contributed by atoms with van der Waals surface area (Å²) in [6.45, 7) is 5.94. The maximum atomic E-state index is 10.8. The van der Waals surface area contributed by atoms with E-state index in [9.17, 15) is 4.79 Å². The summed E-state index contributed by atoms with van der Waals surface area (Å²) in [5, 5.41) is 0. The monoisotopic (exact) mass is 250 g/mol. The third-order valence-corrected chi connectivity index (χ3v) is 3.63. The Morgan fingerprint density at radius 1 is 1.61 bits per heavy atom. The minimum Gasteiger partial charge on any atom is -0.370 e. The highest BCUT2D eigenvalue weighted by Gasteiger charge is 2.24. The van der Waals surface area contributed by atoms with Gasteiger partial charge in [0.15, 0.2) is 0 Å². The molecule has 1 atom stereocenters. The number of nitrogens with zero attached hydrogens (tertiary/aromatic N) is 3. The van der Waals surface area contributed by atoms with Crippen molar-refractivity contribution in [1.29, 1.82) is 0 Å². The fourth-order valence-electron chi connectivity index (χ4n) is 2.69. The Morgan fingerprint density at radius 3 is 3.17 bits per heavy atom. The lowest BCUT2D eigenvalue weighted by molar-refractivity contribution is -0.118. The number of amides is 1. The van der Waals surface area contributed by atoms with Crippen molar-refractivity contribution in [3.8, 4) is 0 Å². The summed E-state index contributed by atoms with van der Waals surface area (Å²) in [6.07, 6.45) is 6.72. The van der Waals surface area contributed by atoms with E-state index >= 15 is 0 Å². The van der Waals surface area contributed by atoms with Crippen molar-refractivity contribution in [3.05, 3.63) is 18.2 Å². The molecule has 100 valence electrons. The van der Waals surface area contributed by atoms with E-state index in [1.54, 1.807) is 0 Å². The second-order valence-electron chi connectivity index (χ2n) is 4.93. The van der Waals surface area contributed by atoms with Crippen LogP contribution in [0.5, 0.6) is 0 Å². The number of piperidine rings is 1. The summed E-state index contributed by atoms with van der Waals surface area (Å²) in [7, 11) is 0. The van der Waals surface area contributed by atoms with Crippen LogP contribution in [0.2, 0.25) is 0 Å². The minimum absolute atomic E-state index is 0.216. The van der Waals surface area contributed by atoms with Crippen LogP contribution in [0.25, 0.3) is 0 Å². The topological polar surface area (TPSA) is 64.2 Å². The molecule has 2 heterocycles. The number of imidazole rings is 1. The Morgan fingerprint density at radius 2 is 2.44 bits per heavy atom. The third-order valence-electron chi connectivity index (χ3n) is 3.63. The van der Waals surface area contributed by atoms with Crippen LogP contribution in [-0.4, -0.2) is 40.0 Å². The van der Waals surface area contributed by atoms with Gasteiger partial charge in [0, 0.05) is 44.4 Å². The second kappa shape index (κ2) is 6.00. The Hall–Kier alpha value is -1.36. The average molecular weight is 250 g/mol. The van der Waals surface area contributed by atoms with Gasteiger partial charge in [0.2, 0.25) is 5.91 Å². The van der Waals surface area contributed by atoms with Crippen molar-refractivity contribution in [2.24, 2.45) is 5.73 Å². The molecule has 1 aromatic rings. The van der Waals surface area contributed by atoms with Crippen LogP contribution in [0, 0.1) is 0 Å². The number of hydrogen-bond acceptors (Lipinski definition) is 3. The summed E-state index contributed by atoms with van der Waals surface area (Å²) in [6, 6.07) is 0. The van der Waals surface area contributed by atoms with Crippen molar-refractivity contribution < 1.29 is 4.79 Å². The molecule has 1 aromatic heterocycles. The highest BCUT2D eigenvalue weighted by molar-refractivity contribution is 5.73. The highest BCUT2D eigenvalue weighted by Crippen LogP contribution is 2.25. The zero-order valence-corrected chi connectivity index (χ0v) is 11.0. The van der Waals surface area contributed by atoms with E-state index in [2.05, 4.69) is 21.4 Å². The van der Waals surface area contributed by atoms with Gasteiger partial charge in [-0.1, -0.05) is 0 Å². The van der Waals surface area contributed by atoms with Crippen LogP contribution in [0.3, 0.4) is 0 Å². The molecule has 0 saturated carbocycles. The van der Waals surface area contributed by atoms with E-state index in [1.807, 2.05) is 12.4 Å². The van der Waals surface area contributed by atoms with Gasteiger partial charge >= 0.3 is 0 Å². The summed E-state index contributed by atoms with van der Waals surface area (Å²) < 4.78 is 2.21. The first-order valence-corrected chi connectivity index (χ1v) is 6.72. The number of nitrogens with two attached hydrogens (primary N) is 1. The van der Waals surface area contributed by atoms with Crippen molar-refractivity contribution in [2.45, 2.75) is 38.6 Å². The van der Waals surface area contributed by atoms with Crippen LogP contribution in [-0.2, 0) is 11.3 Å². The quantitative estimate of drug-likeness (QED) is 0.846. The molecule has 5 nitrogen and oxygen atoms in total. The fraction of sp³-hybridized carbons (Fsp3) is 0.692. The maximum absolute atomic E-state index is 10.8. The molecule has 18 heavy (non-hydrogen) atoms. The van der Waals surface area contributed by atoms with Gasteiger partial charge in [-0.15, -0.1) is 0 Å². The lowest BCUT2D eigenvalue weighted by Gasteiger charge is -2.32. The van der Waals surface area contributed by atoms with Gasteiger partial charge in [-0.05, 0) is 26.3 Å². The average Bonchev–Trinajstić information content (AvgIpc) is 2.85. The molecular weight excluding hydrogens is 228 g/mol. The summed E-state index contributed by atoms with van der Waals surface area (Å²) >= 11 is 0. The van der Waals surface area contributed by atoms with Gasteiger partial charge < -0.3 is 15.2 Å². The van der Waals surface area contributed by atoms with Gasteiger partial charge in [0.1, 0.15) is 5.82 Å². The van der Waals surface area contributed by atoms with Gasteiger partial charge in [0.05, 0.1) is 0 Å². The van der Waals surface area contributed by atoms with E-state index in [4.69, 9.17) is 5.73 Å².